The van der Waals surface area contributed by atoms with Crippen LogP contribution in [-0.2, 0) is 16.8 Å². The minimum Gasteiger partial charge on any atom is -0.506 e. The van der Waals surface area contributed by atoms with E-state index in [2.05, 4.69) is 111 Å². The molecule has 0 aliphatic carbocycles. The molecule has 0 unspecified atom stereocenters. The van der Waals surface area contributed by atoms with Gasteiger partial charge in [-0.3, -0.25) is 4.79 Å². The predicted octanol–water partition coefficient (Wildman–Crippen LogP) is 5.42. The number of aromatic nitrogens is 3. The summed E-state index contributed by atoms with van der Waals surface area (Å²) in [5.74, 6) is 0.803. The molecule has 1 heterocycles. The van der Waals surface area contributed by atoms with Crippen LogP contribution >= 0.6 is 56.9 Å². The number of halogens is 2. The van der Waals surface area contributed by atoms with Crippen LogP contribution in [0.2, 0.25) is 0 Å². The van der Waals surface area contributed by atoms with E-state index in [1.807, 2.05) is 17.6 Å². The third-order valence-electron chi connectivity index (χ3n) is 4.83. The molecule has 0 saturated carbocycles. The molecule has 1 aromatic heterocycles. The van der Waals surface area contributed by atoms with E-state index in [-0.39, 0.29) is 22.8 Å². The molecule has 7 nitrogen and oxygen atoms in total. The largest absolute Gasteiger partial charge is 0.506 e. The molecule has 3 rings (SSSR count). The Morgan fingerprint density at radius 3 is 2.55 bits per heavy atom. The maximum atomic E-state index is 12.3. The molecule has 3 aromatic rings. The van der Waals surface area contributed by atoms with Crippen LogP contribution in [0.5, 0.6) is 5.75 Å². The number of carbonyl (C=O) groups is 1. The lowest BCUT2D eigenvalue weighted by Gasteiger charge is -2.19. The highest BCUT2D eigenvalue weighted by Gasteiger charge is 2.17. The van der Waals surface area contributed by atoms with Crippen LogP contribution in [0.3, 0.4) is 0 Å². The lowest BCUT2D eigenvalue weighted by molar-refractivity contribution is -0.118. The minimum absolute atomic E-state index is 0.0873. The number of nitrogens with one attached hydrogen (secondary N) is 1. The molecule has 0 radical (unpaired) electrons. The zero-order valence-corrected chi connectivity index (χ0v) is 23.9. The first kappa shape index (κ1) is 25.9. The summed E-state index contributed by atoms with van der Waals surface area (Å²) >= 11 is 5.53. The van der Waals surface area contributed by atoms with Gasteiger partial charge in [0.1, 0.15) is 5.75 Å². The van der Waals surface area contributed by atoms with Crippen molar-refractivity contribution in [3.8, 4) is 17.1 Å². The number of phenolic OH excluding ortho intramolecular Hbond substituents is 1. The van der Waals surface area contributed by atoms with Gasteiger partial charge in [-0.25, -0.2) is 5.43 Å². The van der Waals surface area contributed by atoms with E-state index in [1.54, 1.807) is 6.07 Å². The zero-order chi connectivity index (χ0) is 24.2. The van der Waals surface area contributed by atoms with Gasteiger partial charge in [-0.05, 0) is 75.2 Å². The van der Waals surface area contributed by atoms with E-state index in [1.165, 1.54) is 23.5 Å². The summed E-state index contributed by atoms with van der Waals surface area (Å²) < 4.78 is 3.70. The van der Waals surface area contributed by atoms with Gasteiger partial charge in [0, 0.05) is 21.2 Å². The van der Waals surface area contributed by atoms with Crippen molar-refractivity contribution >= 4 is 69.1 Å². The smallest absolute Gasteiger partial charge is 0.250 e. The number of hydrogen-bond donors (Lipinski definition) is 2. The van der Waals surface area contributed by atoms with Gasteiger partial charge < -0.3 is 9.67 Å². The number of hydrogen-bond acceptors (Lipinski definition) is 6. The van der Waals surface area contributed by atoms with Gasteiger partial charge in [-0.2, -0.15) is 5.10 Å². The van der Waals surface area contributed by atoms with Crippen LogP contribution in [0, 0.1) is 7.14 Å². The minimum atomic E-state index is -0.266. The van der Waals surface area contributed by atoms with Crippen LogP contribution in [0.4, 0.5) is 0 Å². The monoisotopic (exact) mass is 689 g/mol. The van der Waals surface area contributed by atoms with Crippen molar-refractivity contribution in [2.24, 2.45) is 5.10 Å². The summed E-state index contributed by atoms with van der Waals surface area (Å²) in [6.07, 6.45) is 1.44. The van der Waals surface area contributed by atoms with Gasteiger partial charge in [0.2, 0.25) is 0 Å². The fourth-order valence-electron chi connectivity index (χ4n) is 3.03. The number of amides is 1. The molecule has 174 valence electrons. The summed E-state index contributed by atoms with van der Waals surface area (Å²) in [5, 5.41) is 23.4. The lowest BCUT2D eigenvalue weighted by atomic mass is 9.87. The summed E-state index contributed by atoms with van der Waals surface area (Å²) in [6, 6.07) is 12.0. The first-order chi connectivity index (χ1) is 15.6. The van der Waals surface area contributed by atoms with E-state index in [4.69, 9.17) is 0 Å². The van der Waals surface area contributed by atoms with Crippen molar-refractivity contribution in [2.45, 2.75) is 44.8 Å². The van der Waals surface area contributed by atoms with Crippen LogP contribution in [0.25, 0.3) is 11.4 Å². The Morgan fingerprint density at radius 2 is 1.91 bits per heavy atom. The molecule has 0 spiro atoms. The Morgan fingerprint density at radius 1 is 1.21 bits per heavy atom. The van der Waals surface area contributed by atoms with Crippen molar-refractivity contribution < 1.29 is 9.90 Å². The molecule has 1 amide bonds. The Kier molecular flexibility index (Phi) is 8.78. The number of carbonyl (C=O) groups excluding carboxylic acids is 1. The number of benzene rings is 2. The molecule has 0 aliphatic heterocycles. The predicted molar refractivity (Wildman–Crippen MR) is 150 cm³/mol. The molecule has 0 saturated heterocycles. The fraction of sp³-hybridized carbons (Fsp3) is 0.304. The Labute approximate surface area is 225 Å². The molecule has 0 atom stereocenters. The highest BCUT2D eigenvalue weighted by molar-refractivity contribution is 14.1. The summed E-state index contributed by atoms with van der Waals surface area (Å²) in [4.78, 5) is 12.3. The molecule has 2 aromatic carbocycles. The van der Waals surface area contributed by atoms with Crippen molar-refractivity contribution in [1.29, 1.82) is 0 Å². The second-order valence-corrected chi connectivity index (χ2v) is 11.6. The maximum Gasteiger partial charge on any atom is 0.250 e. The topological polar surface area (TPSA) is 92.4 Å². The number of nitrogens with zero attached hydrogens (tertiary/aromatic N) is 4. The second kappa shape index (κ2) is 11.2. The highest BCUT2D eigenvalue weighted by Crippen LogP contribution is 2.28. The molecule has 0 fully saturated rings. The molecular formula is C23H25I2N5O2S. The molecule has 10 heteroatoms. The average molecular weight is 689 g/mol. The van der Waals surface area contributed by atoms with E-state index in [0.717, 1.165) is 18.5 Å². The zero-order valence-electron chi connectivity index (χ0n) is 18.8. The normalized spacial score (nSPS) is 11.8. The van der Waals surface area contributed by atoms with Gasteiger partial charge in [-0.1, -0.05) is 56.8 Å². The molecule has 0 aliphatic rings. The summed E-state index contributed by atoms with van der Waals surface area (Å²) in [6.45, 7) is 9.27. The quantitative estimate of drug-likeness (QED) is 0.150. The third kappa shape index (κ3) is 6.69. The number of phenols is 1. The van der Waals surface area contributed by atoms with Gasteiger partial charge in [0.15, 0.2) is 11.0 Å². The molecule has 0 bridgehead atoms. The molecular weight excluding hydrogens is 664 g/mol. The van der Waals surface area contributed by atoms with Crippen molar-refractivity contribution in [3.63, 3.8) is 0 Å². The van der Waals surface area contributed by atoms with Crippen LogP contribution in [-0.4, -0.2) is 37.7 Å². The Bertz CT molecular complexity index is 1170. The highest BCUT2D eigenvalue weighted by atomic mass is 127. The number of aromatic hydroxyl groups is 1. The second-order valence-electron chi connectivity index (χ2n) is 8.29. The van der Waals surface area contributed by atoms with Gasteiger partial charge in [-0.15, -0.1) is 10.2 Å². The Balaban J connectivity index is 1.64. The number of hydrazone groups is 1. The average Bonchev–Trinajstić information content (AvgIpc) is 3.18. The molecule has 33 heavy (non-hydrogen) atoms. The van der Waals surface area contributed by atoms with E-state index < -0.39 is 0 Å². The summed E-state index contributed by atoms with van der Waals surface area (Å²) in [7, 11) is 0. The van der Waals surface area contributed by atoms with Crippen LogP contribution in [0.15, 0.2) is 46.7 Å². The number of rotatable bonds is 7. The third-order valence-corrected chi connectivity index (χ3v) is 7.24. The van der Waals surface area contributed by atoms with Gasteiger partial charge in [0.05, 0.1) is 15.5 Å². The first-order valence-electron chi connectivity index (χ1n) is 10.3. The van der Waals surface area contributed by atoms with Gasteiger partial charge >= 0.3 is 0 Å². The van der Waals surface area contributed by atoms with Crippen molar-refractivity contribution in [3.05, 3.63) is 54.7 Å². The maximum absolute atomic E-state index is 12.3. The fourth-order valence-corrected chi connectivity index (χ4v) is 5.72. The van der Waals surface area contributed by atoms with Crippen molar-refractivity contribution in [2.75, 3.05) is 5.75 Å². The van der Waals surface area contributed by atoms with Gasteiger partial charge in [0.25, 0.3) is 5.91 Å². The first-order valence-corrected chi connectivity index (χ1v) is 13.4. The van der Waals surface area contributed by atoms with Crippen LogP contribution in [0.1, 0.15) is 38.8 Å². The van der Waals surface area contributed by atoms with E-state index in [0.29, 0.717) is 17.3 Å². The van der Waals surface area contributed by atoms with Crippen molar-refractivity contribution in [1.82, 2.24) is 20.2 Å². The van der Waals surface area contributed by atoms with E-state index in [9.17, 15) is 9.90 Å². The lowest BCUT2D eigenvalue weighted by Crippen LogP contribution is -2.20. The SMILES string of the molecule is CCn1c(SCC(=O)N/N=C/c2cc(I)cc(I)c2O)nnc1-c1ccc(C(C)(C)C)cc1. The molecule has 2 N–H and O–H groups in total. The standard InChI is InChI=1S/C23H25I2N5O2S/c1-5-30-21(14-6-8-16(9-7-14)23(2,3)4)28-29-22(30)33-13-19(31)27-26-12-15-10-17(24)11-18(25)20(15)32/h6-12,32H,5,13H2,1-4H3,(H,27,31)/b26-12+. The van der Waals surface area contributed by atoms with E-state index >= 15 is 0 Å². The number of thioether (sulfide) groups is 1. The van der Waals surface area contributed by atoms with Crippen LogP contribution < -0.4 is 5.43 Å². The summed E-state index contributed by atoms with van der Waals surface area (Å²) in [5.41, 5.74) is 5.38. The Hall–Kier alpha value is -1.67.